The van der Waals surface area contributed by atoms with Crippen LogP contribution in [0.15, 0.2) is 24.3 Å². The van der Waals surface area contributed by atoms with Crippen LogP contribution in [-0.4, -0.2) is 42.6 Å². The number of amides is 1. The summed E-state index contributed by atoms with van der Waals surface area (Å²) in [4.78, 5) is 26.3. The number of likely N-dealkylation sites (tertiary alicyclic amines) is 1. The summed E-state index contributed by atoms with van der Waals surface area (Å²) in [5.41, 5.74) is 1.16. The van der Waals surface area contributed by atoms with E-state index in [2.05, 4.69) is 0 Å². The lowest BCUT2D eigenvalue weighted by Crippen LogP contribution is -2.46. The minimum absolute atomic E-state index is 0.000355. The van der Waals surface area contributed by atoms with Crippen molar-refractivity contribution in [2.24, 2.45) is 5.92 Å². The number of nitrogens with zero attached hydrogens (tertiary/aromatic N) is 1. The predicted molar refractivity (Wildman–Crippen MR) is 91.8 cm³/mol. The first-order valence-corrected chi connectivity index (χ1v) is 8.73. The van der Waals surface area contributed by atoms with Crippen molar-refractivity contribution in [3.63, 3.8) is 0 Å². The number of aryl methyl sites for hydroxylation is 1. The second-order valence-electron chi connectivity index (χ2n) is 6.18. The van der Waals surface area contributed by atoms with Crippen molar-refractivity contribution in [2.75, 3.05) is 19.7 Å². The molecule has 1 fully saturated rings. The highest BCUT2D eigenvalue weighted by Gasteiger charge is 2.31. The fourth-order valence-corrected chi connectivity index (χ4v) is 2.89. The first kappa shape index (κ1) is 18.3. The Morgan fingerprint density at radius 3 is 2.33 bits per heavy atom. The van der Waals surface area contributed by atoms with Gasteiger partial charge in [0.1, 0.15) is 5.75 Å². The topological polar surface area (TPSA) is 55.8 Å². The molecule has 0 spiro atoms. The second-order valence-corrected chi connectivity index (χ2v) is 6.18. The van der Waals surface area contributed by atoms with E-state index in [1.165, 1.54) is 0 Å². The van der Waals surface area contributed by atoms with E-state index >= 15 is 0 Å². The zero-order valence-electron chi connectivity index (χ0n) is 14.8. The summed E-state index contributed by atoms with van der Waals surface area (Å²) >= 11 is 0. The lowest BCUT2D eigenvalue weighted by molar-refractivity contribution is -0.152. The molecule has 1 aliphatic heterocycles. The molecule has 5 nitrogen and oxygen atoms in total. The van der Waals surface area contributed by atoms with Gasteiger partial charge in [0.15, 0.2) is 6.10 Å². The van der Waals surface area contributed by atoms with Gasteiger partial charge in [-0.25, -0.2) is 0 Å². The van der Waals surface area contributed by atoms with Crippen molar-refractivity contribution in [3.8, 4) is 5.75 Å². The van der Waals surface area contributed by atoms with E-state index in [4.69, 9.17) is 9.47 Å². The number of benzene rings is 1. The van der Waals surface area contributed by atoms with Gasteiger partial charge >= 0.3 is 5.97 Å². The molecule has 5 heteroatoms. The molecule has 0 aliphatic carbocycles. The van der Waals surface area contributed by atoms with Crippen LogP contribution in [0, 0.1) is 12.8 Å². The van der Waals surface area contributed by atoms with Crippen molar-refractivity contribution < 1.29 is 19.1 Å². The average Bonchev–Trinajstić information content (AvgIpc) is 2.61. The van der Waals surface area contributed by atoms with E-state index in [1.54, 1.807) is 4.90 Å². The van der Waals surface area contributed by atoms with Gasteiger partial charge in [-0.15, -0.1) is 0 Å². The number of ether oxygens (including phenoxy) is 2. The van der Waals surface area contributed by atoms with E-state index < -0.39 is 6.10 Å². The third-order valence-electron chi connectivity index (χ3n) is 4.37. The molecular weight excluding hydrogens is 306 g/mol. The summed E-state index contributed by atoms with van der Waals surface area (Å²) in [5, 5.41) is 0. The summed E-state index contributed by atoms with van der Waals surface area (Å²) < 4.78 is 10.9. The highest BCUT2D eigenvalue weighted by Crippen LogP contribution is 2.21. The molecule has 0 aromatic heterocycles. The Morgan fingerprint density at radius 2 is 1.79 bits per heavy atom. The van der Waals surface area contributed by atoms with Gasteiger partial charge in [-0.3, -0.25) is 9.59 Å². The number of carbonyl (C=O) groups excluding carboxylic acids is 2. The van der Waals surface area contributed by atoms with Crippen molar-refractivity contribution in [2.45, 2.75) is 46.1 Å². The maximum atomic E-state index is 12.7. The Morgan fingerprint density at radius 1 is 1.17 bits per heavy atom. The predicted octanol–water partition coefficient (Wildman–Crippen LogP) is 2.95. The molecule has 1 atom stereocenters. The fourth-order valence-electron chi connectivity index (χ4n) is 2.89. The van der Waals surface area contributed by atoms with Crippen molar-refractivity contribution >= 4 is 11.9 Å². The van der Waals surface area contributed by atoms with Crippen molar-refractivity contribution in [1.82, 2.24) is 4.90 Å². The van der Waals surface area contributed by atoms with E-state index in [0.29, 0.717) is 44.7 Å². The lowest BCUT2D eigenvalue weighted by Gasteiger charge is -2.33. The molecule has 0 saturated carbocycles. The maximum absolute atomic E-state index is 12.7. The minimum Gasteiger partial charge on any atom is -0.481 e. The number of esters is 1. The van der Waals surface area contributed by atoms with Crippen LogP contribution in [-0.2, 0) is 14.3 Å². The molecule has 1 heterocycles. The maximum Gasteiger partial charge on any atom is 0.309 e. The Kier molecular flexibility index (Phi) is 6.64. The van der Waals surface area contributed by atoms with Gasteiger partial charge in [0.05, 0.1) is 12.5 Å². The molecule has 1 amide bonds. The molecule has 24 heavy (non-hydrogen) atoms. The number of piperidine rings is 1. The highest BCUT2D eigenvalue weighted by molar-refractivity contribution is 5.81. The van der Waals surface area contributed by atoms with Gasteiger partial charge in [-0.05, 0) is 45.2 Å². The Balaban J connectivity index is 1.90. The molecule has 1 aliphatic rings. The molecule has 0 N–H and O–H groups in total. The molecule has 1 aromatic carbocycles. The molecular formula is C19H27NO4. The average molecular weight is 333 g/mol. The van der Waals surface area contributed by atoms with Crippen LogP contribution in [0.1, 0.15) is 38.7 Å². The summed E-state index contributed by atoms with van der Waals surface area (Å²) in [6, 6.07) is 7.71. The zero-order valence-corrected chi connectivity index (χ0v) is 14.8. The minimum atomic E-state index is -0.480. The fraction of sp³-hybridized carbons (Fsp3) is 0.579. The molecule has 132 valence electrons. The molecule has 1 aromatic rings. The SMILES string of the molecule is CCOC(=O)C1CCN(C(=O)[C@H](CC)Oc2ccc(C)cc2)CC1. The Bertz CT molecular complexity index is 547. The van der Waals surface area contributed by atoms with Gasteiger partial charge in [0.2, 0.25) is 0 Å². The number of carbonyl (C=O) groups is 2. The van der Waals surface area contributed by atoms with Crippen LogP contribution in [0.5, 0.6) is 5.75 Å². The standard InChI is InChI=1S/C19H27NO4/c1-4-17(24-16-8-6-14(3)7-9-16)18(21)20-12-10-15(11-13-20)19(22)23-5-2/h6-9,15,17H,4-5,10-13H2,1-3H3/t17-/m0/s1. The summed E-state index contributed by atoms with van der Waals surface area (Å²) in [5.74, 6) is 0.474. The van der Waals surface area contributed by atoms with E-state index in [0.717, 1.165) is 5.56 Å². The van der Waals surface area contributed by atoms with Crippen LogP contribution in [0.25, 0.3) is 0 Å². The zero-order chi connectivity index (χ0) is 17.5. The Labute approximate surface area is 143 Å². The smallest absolute Gasteiger partial charge is 0.309 e. The van der Waals surface area contributed by atoms with Crippen molar-refractivity contribution in [1.29, 1.82) is 0 Å². The molecule has 0 radical (unpaired) electrons. The van der Waals surface area contributed by atoms with Gasteiger partial charge in [-0.2, -0.15) is 0 Å². The van der Waals surface area contributed by atoms with Crippen LogP contribution >= 0.6 is 0 Å². The first-order valence-electron chi connectivity index (χ1n) is 8.73. The number of hydrogen-bond donors (Lipinski definition) is 0. The third-order valence-corrected chi connectivity index (χ3v) is 4.37. The van der Waals surface area contributed by atoms with Crippen LogP contribution in [0.4, 0.5) is 0 Å². The van der Waals surface area contributed by atoms with Crippen LogP contribution in [0.3, 0.4) is 0 Å². The first-order chi connectivity index (χ1) is 11.5. The lowest BCUT2D eigenvalue weighted by atomic mass is 9.96. The molecule has 1 saturated heterocycles. The number of hydrogen-bond acceptors (Lipinski definition) is 4. The highest BCUT2D eigenvalue weighted by atomic mass is 16.5. The summed E-state index contributed by atoms with van der Waals surface area (Å²) in [6.45, 7) is 7.33. The quantitative estimate of drug-likeness (QED) is 0.751. The van der Waals surface area contributed by atoms with E-state index in [9.17, 15) is 9.59 Å². The third kappa shape index (κ3) is 4.73. The second kappa shape index (κ2) is 8.71. The number of rotatable bonds is 6. The van der Waals surface area contributed by atoms with Gasteiger partial charge in [-0.1, -0.05) is 24.6 Å². The van der Waals surface area contributed by atoms with Crippen LogP contribution < -0.4 is 4.74 Å². The Hall–Kier alpha value is -2.04. The molecule has 0 unspecified atom stereocenters. The normalized spacial score (nSPS) is 16.5. The van der Waals surface area contributed by atoms with Gasteiger partial charge in [0, 0.05) is 13.1 Å². The molecule has 0 bridgehead atoms. The monoisotopic (exact) mass is 333 g/mol. The summed E-state index contributed by atoms with van der Waals surface area (Å²) in [6.07, 6.45) is 1.45. The van der Waals surface area contributed by atoms with Crippen LogP contribution in [0.2, 0.25) is 0 Å². The van der Waals surface area contributed by atoms with Gasteiger partial charge < -0.3 is 14.4 Å². The van der Waals surface area contributed by atoms with E-state index in [-0.39, 0.29) is 17.8 Å². The molecule has 2 rings (SSSR count). The summed E-state index contributed by atoms with van der Waals surface area (Å²) in [7, 11) is 0. The van der Waals surface area contributed by atoms with Crippen molar-refractivity contribution in [3.05, 3.63) is 29.8 Å². The van der Waals surface area contributed by atoms with Gasteiger partial charge in [0.25, 0.3) is 5.91 Å². The van der Waals surface area contributed by atoms with E-state index in [1.807, 2.05) is 45.0 Å². The largest absolute Gasteiger partial charge is 0.481 e.